The van der Waals surface area contributed by atoms with Crippen LogP contribution in [0.25, 0.3) is 0 Å². The zero-order valence-electron chi connectivity index (χ0n) is 23.2. The fourth-order valence-electron chi connectivity index (χ4n) is 5.38. The van der Waals surface area contributed by atoms with Crippen LogP contribution < -0.4 is 19.4 Å². The molecule has 1 saturated heterocycles. The number of nitrogens with zero attached hydrogens (tertiary/aromatic N) is 3. The van der Waals surface area contributed by atoms with Gasteiger partial charge in [-0.1, -0.05) is 18.2 Å². The molecule has 0 bridgehead atoms. The number of aromatic hydroxyl groups is 2. The maximum Gasteiger partial charge on any atom is 0.346 e. The maximum absolute atomic E-state index is 13.7. The van der Waals surface area contributed by atoms with Gasteiger partial charge in [0, 0.05) is 80.5 Å². The standard InChI is InChI=1S/C31H29N3O7/c1-30(29(38)41-34-26(35)12-13-27(34)36)14-6-7-21-20(17-30)28(37)40-31(21)22-10-8-18(32(2)3)15-24(22)39-25-16-19(33(4)5)9-11-23(25)31/h6-17,35-36H,1-5H3. The molecule has 6 rings (SSSR count). The topological polar surface area (TPSA) is 114 Å². The number of allylic oxidation sites excluding steroid dienone is 2. The number of carbonyl (C=O) groups excluding carboxylic acids is 2. The van der Waals surface area contributed by atoms with Crippen LogP contribution >= 0.6 is 0 Å². The van der Waals surface area contributed by atoms with Gasteiger partial charge in [0.15, 0.2) is 5.60 Å². The van der Waals surface area contributed by atoms with E-state index in [9.17, 15) is 19.8 Å². The van der Waals surface area contributed by atoms with E-state index in [4.69, 9.17) is 14.3 Å². The van der Waals surface area contributed by atoms with Crippen LogP contribution in [0.2, 0.25) is 0 Å². The Balaban J connectivity index is 1.51. The molecule has 1 fully saturated rings. The molecule has 0 amide bonds. The number of ether oxygens (including phenoxy) is 2. The van der Waals surface area contributed by atoms with Gasteiger partial charge < -0.3 is 34.3 Å². The number of anilines is 2. The average molecular weight is 556 g/mol. The first-order valence-electron chi connectivity index (χ1n) is 13.0. The zero-order valence-corrected chi connectivity index (χ0v) is 23.2. The molecule has 2 aliphatic heterocycles. The van der Waals surface area contributed by atoms with Crippen molar-refractivity contribution in [1.29, 1.82) is 0 Å². The lowest BCUT2D eigenvalue weighted by Crippen LogP contribution is -2.33. The van der Waals surface area contributed by atoms with Crippen LogP contribution in [0, 0.1) is 5.41 Å². The van der Waals surface area contributed by atoms with Gasteiger partial charge in [-0.25, -0.2) is 9.59 Å². The number of benzene rings is 2. The highest BCUT2D eigenvalue weighted by molar-refractivity contribution is 6.01. The molecular formula is C31H29N3O7. The van der Waals surface area contributed by atoms with E-state index < -0.39 is 34.7 Å². The van der Waals surface area contributed by atoms with E-state index in [1.54, 1.807) is 25.2 Å². The summed E-state index contributed by atoms with van der Waals surface area (Å²) in [7, 11) is 7.72. The van der Waals surface area contributed by atoms with Crippen LogP contribution in [0.3, 0.4) is 0 Å². The molecule has 10 nitrogen and oxygen atoms in total. The van der Waals surface area contributed by atoms with E-state index in [-0.39, 0.29) is 5.57 Å². The van der Waals surface area contributed by atoms with Gasteiger partial charge in [-0.05, 0) is 37.3 Å². The summed E-state index contributed by atoms with van der Waals surface area (Å²) >= 11 is 0. The summed E-state index contributed by atoms with van der Waals surface area (Å²) in [5.41, 5.74) is 1.08. The number of hydrogen-bond acceptors (Lipinski definition) is 9. The van der Waals surface area contributed by atoms with Gasteiger partial charge in [-0.3, -0.25) is 0 Å². The first kappa shape index (κ1) is 26.1. The molecule has 1 aliphatic carbocycles. The Hall–Kier alpha value is -5.12. The van der Waals surface area contributed by atoms with Crippen molar-refractivity contribution < 1.29 is 34.1 Å². The SMILES string of the molecule is CN(C)c1ccc2c(c1)Oc1cc(N(C)C)ccc1C21OC(=O)C2=CC(C)(C(=O)On3c(O)ccc3O)C=CC=C21. The third kappa shape index (κ3) is 3.86. The van der Waals surface area contributed by atoms with Gasteiger partial charge in [-0.15, -0.1) is 4.73 Å². The normalized spacial score (nSPS) is 19.6. The second-order valence-corrected chi connectivity index (χ2v) is 10.8. The highest BCUT2D eigenvalue weighted by Gasteiger charge is 2.56. The largest absolute Gasteiger partial charge is 0.492 e. The number of aromatic nitrogens is 1. The monoisotopic (exact) mass is 555 g/mol. The zero-order chi connectivity index (χ0) is 29.3. The van der Waals surface area contributed by atoms with Crippen LogP contribution in [0.5, 0.6) is 23.3 Å². The second-order valence-electron chi connectivity index (χ2n) is 10.8. The van der Waals surface area contributed by atoms with E-state index in [1.807, 2.05) is 74.4 Å². The first-order chi connectivity index (χ1) is 19.4. The molecule has 210 valence electrons. The summed E-state index contributed by atoms with van der Waals surface area (Å²) in [5.74, 6) is -1.25. The van der Waals surface area contributed by atoms with Gasteiger partial charge in [-0.2, -0.15) is 0 Å². The molecule has 3 aliphatic rings. The summed E-state index contributed by atoms with van der Waals surface area (Å²) in [6.07, 6.45) is 6.53. The van der Waals surface area contributed by atoms with Crippen molar-refractivity contribution in [2.75, 3.05) is 38.0 Å². The Morgan fingerprint density at radius 1 is 0.902 bits per heavy atom. The third-order valence-corrected chi connectivity index (χ3v) is 7.64. The van der Waals surface area contributed by atoms with Gasteiger partial charge in [0.25, 0.3) is 0 Å². The number of esters is 1. The van der Waals surface area contributed by atoms with Crippen LogP contribution in [-0.2, 0) is 19.9 Å². The number of rotatable bonds is 4. The van der Waals surface area contributed by atoms with E-state index in [2.05, 4.69) is 0 Å². The van der Waals surface area contributed by atoms with Crippen molar-refractivity contribution in [2.45, 2.75) is 12.5 Å². The summed E-state index contributed by atoms with van der Waals surface area (Å²) in [6.45, 7) is 1.57. The van der Waals surface area contributed by atoms with Crippen molar-refractivity contribution in [2.24, 2.45) is 5.41 Å². The van der Waals surface area contributed by atoms with Crippen molar-refractivity contribution in [3.8, 4) is 23.3 Å². The van der Waals surface area contributed by atoms with E-state index in [1.165, 1.54) is 18.2 Å². The molecule has 1 spiro atoms. The van der Waals surface area contributed by atoms with E-state index in [0.29, 0.717) is 32.9 Å². The summed E-state index contributed by atoms with van der Waals surface area (Å²) < 4.78 is 13.3. The molecule has 10 heteroatoms. The molecule has 2 N–H and O–H groups in total. The molecule has 3 heterocycles. The van der Waals surface area contributed by atoms with Crippen LogP contribution in [0.4, 0.5) is 11.4 Å². The van der Waals surface area contributed by atoms with Gasteiger partial charge in [0.05, 0.1) is 5.57 Å². The molecule has 0 radical (unpaired) electrons. The van der Waals surface area contributed by atoms with Crippen molar-refractivity contribution in [1.82, 2.24) is 4.73 Å². The smallest absolute Gasteiger partial charge is 0.346 e. The van der Waals surface area contributed by atoms with Gasteiger partial charge >= 0.3 is 11.9 Å². The molecule has 41 heavy (non-hydrogen) atoms. The van der Waals surface area contributed by atoms with Crippen LogP contribution in [0.15, 0.2) is 84.0 Å². The summed E-state index contributed by atoms with van der Waals surface area (Å²) in [4.78, 5) is 36.2. The predicted octanol–water partition coefficient (Wildman–Crippen LogP) is 4.02. The summed E-state index contributed by atoms with van der Waals surface area (Å²) in [6, 6.07) is 13.8. The van der Waals surface area contributed by atoms with E-state index >= 15 is 0 Å². The van der Waals surface area contributed by atoms with E-state index in [0.717, 1.165) is 11.4 Å². The Morgan fingerprint density at radius 2 is 1.46 bits per heavy atom. The molecule has 1 atom stereocenters. The number of carbonyl (C=O) groups is 2. The number of fused-ring (bicyclic) bond motifs is 6. The first-order valence-corrected chi connectivity index (χ1v) is 13.0. The summed E-state index contributed by atoms with van der Waals surface area (Å²) in [5, 5.41) is 19.9. The molecule has 1 unspecified atom stereocenters. The fourth-order valence-corrected chi connectivity index (χ4v) is 5.38. The van der Waals surface area contributed by atoms with Crippen molar-refractivity contribution >= 4 is 23.3 Å². The Bertz CT molecular complexity index is 1640. The lowest BCUT2D eigenvalue weighted by Gasteiger charge is -2.37. The fraction of sp³-hybridized carbons (Fsp3) is 0.226. The average Bonchev–Trinajstić information content (AvgIpc) is 3.29. The highest BCUT2D eigenvalue weighted by atomic mass is 16.7. The molecule has 0 saturated carbocycles. The lowest BCUT2D eigenvalue weighted by atomic mass is 9.76. The molecular weight excluding hydrogens is 526 g/mol. The predicted molar refractivity (Wildman–Crippen MR) is 151 cm³/mol. The van der Waals surface area contributed by atoms with Gasteiger partial charge in [0.2, 0.25) is 11.8 Å². The second kappa shape index (κ2) is 8.95. The Kier molecular flexibility index (Phi) is 5.70. The van der Waals surface area contributed by atoms with Crippen LogP contribution in [-0.4, -0.2) is 55.1 Å². The highest BCUT2D eigenvalue weighted by Crippen LogP contribution is 2.59. The van der Waals surface area contributed by atoms with Crippen molar-refractivity contribution in [3.63, 3.8) is 0 Å². The molecule has 3 aromatic rings. The van der Waals surface area contributed by atoms with Crippen LogP contribution in [0.1, 0.15) is 18.1 Å². The Morgan fingerprint density at radius 3 is 2.00 bits per heavy atom. The molecule has 1 aromatic heterocycles. The van der Waals surface area contributed by atoms with Gasteiger partial charge in [0.1, 0.15) is 16.9 Å². The third-order valence-electron chi connectivity index (χ3n) is 7.64. The number of hydrogen-bond donors (Lipinski definition) is 2. The minimum absolute atomic E-state index is 0.197. The minimum atomic E-state index is -1.44. The minimum Gasteiger partial charge on any atom is -0.492 e. The Labute approximate surface area is 236 Å². The quantitative estimate of drug-likeness (QED) is 0.461. The molecule has 2 aromatic carbocycles. The lowest BCUT2D eigenvalue weighted by molar-refractivity contribution is -0.151. The maximum atomic E-state index is 13.7. The van der Waals surface area contributed by atoms with Crippen molar-refractivity contribution in [3.05, 3.63) is 95.1 Å².